The molecule has 144 valence electrons. The van der Waals surface area contributed by atoms with Crippen molar-refractivity contribution in [3.8, 4) is 17.1 Å². The first-order valence-corrected chi connectivity index (χ1v) is 9.25. The van der Waals surface area contributed by atoms with Crippen LogP contribution in [0.25, 0.3) is 22.3 Å². The van der Waals surface area contributed by atoms with Crippen molar-refractivity contribution in [3.63, 3.8) is 0 Å². The summed E-state index contributed by atoms with van der Waals surface area (Å²) < 4.78 is 7.25. The van der Waals surface area contributed by atoms with Crippen molar-refractivity contribution >= 4 is 10.9 Å². The SMILES string of the molecule is COc1ccc2cc(-c3nccn3C(C)CCCC(C)(C)O)c(=O)[nH]c2c1. The molecule has 1 aromatic carbocycles. The number of hydrogen-bond donors (Lipinski definition) is 2. The third kappa shape index (κ3) is 4.39. The lowest BCUT2D eigenvalue weighted by Gasteiger charge is -2.20. The average Bonchev–Trinajstić information content (AvgIpc) is 3.09. The zero-order valence-electron chi connectivity index (χ0n) is 16.3. The number of fused-ring (bicyclic) bond motifs is 1. The summed E-state index contributed by atoms with van der Waals surface area (Å²) in [5.74, 6) is 1.36. The third-order valence-corrected chi connectivity index (χ3v) is 4.85. The molecule has 0 amide bonds. The largest absolute Gasteiger partial charge is 0.497 e. The maximum absolute atomic E-state index is 12.7. The van der Waals surface area contributed by atoms with E-state index in [0.29, 0.717) is 17.1 Å². The molecule has 0 spiro atoms. The van der Waals surface area contributed by atoms with Crippen LogP contribution in [0.3, 0.4) is 0 Å². The van der Waals surface area contributed by atoms with Gasteiger partial charge in [0.05, 0.1) is 23.8 Å². The number of nitrogens with one attached hydrogen (secondary N) is 1. The Bertz CT molecular complexity index is 982. The lowest BCUT2D eigenvalue weighted by atomic mass is 9.99. The molecule has 6 nitrogen and oxygen atoms in total. The summed E-state index contributed by atoms with van der Waals surface area (Å²) in [4.78, 5) is 20.0. The molecule has 6 heteroatoms. The molecular formula is C21H27N3O3. The fourth-order valence-electron chi connectivity index (χ4n) is 3.32. The van der Waals surface area contributed by atoms with Gasteiger partial charge in [0.25, 0.3) is 5.56 Å². The van der Waals surface area contributed by atoms with Crippen LogP contribution < -0.4 is 10.3 Å². The molecule has 1 unspecified atom stereocenters. The van der Waals surface area contributed by atoms with Crippen LogP contribution >= 0.6 is 0 Å². The predicted molar refractivity (Wildman–Crippen MR) is 107 cm³/mol. The van der Waals surface area contributed by atoms with E-state index in [-0.39, 0.29) is 11.6 Å². The molecule has 27 heavy (non-hydrogen) atoms. The summed E-state index contributed by atoms with van der Waals surface area (Å²) in [6.07, 6.45) is 6.16. The van der Waals surface area contributed by atoms with Crippen molar-refractivity contribution < 1.29 is 9.84 Å². The van der Waals surface area contributed by atoms with E-state index >= 15 is 0 Å². The predicted octanol–water partition coefficient (Wildman–Crippen LogP) is 3.90. The quantitative estimate of drug-likeness (QED) is 0.662. The van der Waals surface area contributed by atoms with Crippen molar-refractivity contribution in [2.24, 2.45) is 0 Å². The summed E-state index contributed by atoms with van der Waals surface area (Å²) in [7, 11) is 1.60. The first-order valence-electron chi connectivity index (χ1n) is 9.25. The molecule has 0 fully saturated rings. The summed E-state index contributed by atoms with van der Waals surface area (Å²) >= 11 is 0. The Morgan fingerprint density at radius 1 is 1.33 bits per heavy atom. The van der Waals surface area contributed by atoms with E-state index in [4.69, 9.17) is 4.74 Å². The van der Waals surface area contributed by atoms with E-state index in [1.54, 1.807) is 13.3 Å². The minimum absolute atomic E-state index is 0.174. The van der Waals surface area contributed by atoms with E-state index in [2.05, 4.69) is 16.9 Å². The van der Waals surface area contributed by atoms with Gasteiger partial charge in [-0.3, -0.25) is 4.79 Å². The minimum atomic E-state index is -0.659. The van der Waals surface area contributed by atoms with Gasteiger partial charge in [-0.1, -0.05) is 0 Å². The zero-order valence-corrected chi connectivity index (χ0v) is 16.3. The number of aromatic nitrogens is 3. The minimum Gasteiger partial charge on any atom is -0.497 e. The van der Waals surface area contributed by atoms with Gasteiger partial charge in [-0.05, 0) is 63.6 Å². The highest BCUT2D eigenvalue weighted by molar-refractivity contribution is 5.83. The van der Waals surface area contributed by atoms with Gasteiger partial charge in [-0.15, -0.1) is 0 Å². The zero-order chi connectivity index (χ0) is 19.6. The maximum Gasteiger partial charge on any atom is 0.259 e. The Kier molecular flexibility index (Phi) is 5.37. The monoisotopic (exact) mass is 369 g/mol. The summed E-state index contributed by atoms with van der Waals surface area (Å²) in [5, 5.41) is 10.8. The van der Waals surface area contributed by atoms with Gasteiger partial charge in [0.1, 0.15) is 11.6 Å². The number of imidazole rings is 1. The summed E-state index contributed by atoms with van der Waals surface area (Å²) in [6, 6.07) is 7.65. The molecule has 0 aliphatic rings. The van der Waals surface area contributed by atoms with Crippen LogP contribution in [0.2, 0.25) is 0 Å². The second kappa shape index (κ2) is 7.56. The highest BCUT2D eigenvalue weighted by Crippen LogP contribution is 2.26. The van der Waals surface area contributed by atoms with Crippen molar-refractivity contribution in [2.75, 3.05) is 7.11 Å². The standard InChI is InChI=1S/C21H27N3O3/c1-14(6-5-9-21(2,3)26)24-11-10-22-19(24)17-12-15-7-8-16(27-4)13-18(15)23-20(17)25/h7-8,10-14,26H,5-6,9H2,1-4H3,(H,23,25). The fourth-order valence-corrected chi connectivity index (χ4v) is 3.32. The number of aromatic amines is 1. The van der Waals surface area contributed by atoms with Crippen LogP contribution in [0.5, 0.6) is 5.75 Å². The van der Waals surface area contributed by atoms with Crippen LogP contribution in [0.4, 0.5) is 0 Å². The van der Waals surface area contributed by atoms with Gasteiger partial charge in [-0.2, -0.15) is 0 Å². The highest BCUT2D eigenvalue weighted by atomic mass is 16.5. The second-order valence-electron chi connectivity index (χ2n) is 7.68. The number of rotatable bonds is 7. The number of methoxy groups -OCH3 is 1. The molecule has 0 bridgehead atoms. The third-order valence-electron chi connectivity index (χ3n) is 4.85. The van der Waals surface area contributed by atoms with Gasteiger partial charge in [0, 0.05) is 24.5 Å². The van der Waals surface area contributed by atoms with Crippen molar-refractivity contribution in [1.29, 1.82) is 0 Å². The van der Waals surface area contributed by atoms with Crippen LogP contribution in [0.15, 0.2) is 41.5 Å². The van der Waals surface area contributed by atoms with E-state index in [1.165, 1.54) is 0 Å². The van der Waals surface area contributed by atoms with Crippen LogP contribution in [0, 0.1) is 0 Å². The van der Waals surface area contributed by atoms with Crippen LogP contribution in [0.1, 0.15) is 46.1 Å². The fraction of sp³-hybridized carbons (Fsp3) is 0.429. The molecule has 3 aromatic rings. The lowest BCUT2D eigenvalue weighted by molar-refractivity contribution is 0.0672. The Morgan fingerprint density at radius 2 is 2.11 bits per heavy atom. The van der Waals surface area contributed by atoms with Crippen molar-refractivity contribution in [2.45, 2.75) is 51.7 Å². The molecule has 3 rings (SSSR count). The summed E-state index contributed by atoms with van der Waals surface area (Å²) in [5.41, 5.74) is 0.451. The van der Waals surface area contributed by atoms with Gasteiger partial charge >= 0.3 is 0 Å². The molecule has 0 saturated carbocycles. The number of pyridine rings is 1. The number of benzene rings is 1. The average molecular weight is 369 g/mol. The van der Waals surface area contributed by atoms with Crippen molar-refractivity contribution in [1.82, 2.24) is 14.5 Å². The van der Waals surface area contributed by atoms with Gasteiger partial charge in [0.15, 0.2) is 0 Å². The Labute approximate surface area is 158 Å². The molecule has 0 radical (unpaired) electrons. The van der Waals surface area contributed by atoms with E-state index in [1.807, 2.05) is 48.9 Å². The molecule has 0 aliphatic carbocycles. The number of H-pyrrole nitrogens is 1. The van der Waals surface area contributed by atoms with Crippen LogP contribution in [-0.4, -0.2) is 32.4 Å². The number of ether oxygens (including phenoxy) is 1. The molecule has 1 atom stereocenters. The van der Waals surface area contributed by atoms with Gasteiger partial charge < -0.3 is 19.4 Å². The molecule has 2 heterocycles. The molecule has 2 N–H and O–H groups in total. The van der Waals surface area contributed by atoms with E-state index in [0.717, 1.165) is 30.2 Å². The van der Waals surface area contributed by atoms with Gasteiger partial charge in [0.2, 0.25) is 0 Å². The Morgan fingerprint density at radius 3 is 2.81 bits per heavy atom. The first-order chi connectivity index (χ1) is 12.8. The van der Waals surface area contributed by atoms with Crippen molar-refractivity contribution in [3.05, 3.63) is 47.0 Å². The maximum atomic E-state index is 12.7. The Hall–Kier alpha value is -2.60. The lowest BCUT2D eigenvalue weighted by Crippen LogP contribution is -2.19. The number of nitrogens with zero attached hydrogens (tertiary/aromatic N) is 2. The summed E-state index contributed by atoms with van der Waals surface area (Å²) in [6.45, 7) is 5.75. The number of hydrogen-bond acceptors (Lipinski definition) is 4. The molecule has 0 saturated heterocycles. The number of aliphatic hydroxyl groups is 1. The molecular weight excluding hydrogens is 342 g/mol. The normalized spacial score (nSPS) is 13.1. The topological polar surface area (TPSA) is 80.1 Å². The van der Waals surface area contributed by atoms with E-state index < -0.39 is 5.60 Å². The highest BCUT2D eigenvalue weighted by Gasteiger charge is 2.17. The van der Waals surface area contributed by atoms with Crippen LogP contribution in [-0.2, 0) is 0 Å². The van der Waals surface area contributed by atoms with E-state index in [9.17, 15) is 9.90 Å². The molecule has 2 aromatic heterocycles. The smallest absolute Gasteiger partial charge is 0.259 e. The molecule has 0 aliphatic heterocycles. The first kappa shape index (κ1) is 19.2. The second-order valence-corrected chi connectivity index (χ2v) is 7.68. The van der Waals surface area contributed by atoms with Gasteiger partial charge in [-0.25, -0.2) is 4.98 Å². The Balaban J connectivity index is 1.90.